The topological polar surface area (TPSA) is 112 Å². The minimum atomic E-state index is -1.15. The zero-order valence-corrected chi connectivity index (χ0v) is 13.2. The highest BCUT2D eigenvalue weighted by Gasteiger charge is 2.25. The first-order chi connectivity index (χ1) is 10.7. The third-order valence-corrected chi connectivity index (χ3v) is 3.16. The Morgan fingerprint density at radius 3 is 2.65 bits per heavy atom. The van der Waals surface area contributed by atoms with Crippen LogP contribution in [0.3, 0.4) is 0 Å². The van der Waals surface area contributed by atoms with Gasteiger partial charge in [-0.1, -0.05) is 0 Å². The van der Waals surface area contributed by atoms with Crippen LogP contribution < -0.4 is 5.32 Å². The molecule has 1 amide bonds. The maximum absolute atomic E-state index is 11.8. The van der Waals surface area contributed by atoms with E-state index >= 15 is 0 Å². The Bertz CT molecular complexity index is 730. The standard InChI is InChI=1S/C16H20N2O5/c1-16(2,3)23-15(22)18-13(14(20)21)6-9-8-17-12-7-10(19)4-5-11(9)12/h4-5,7-8,13,17,19H,6H2,1-3H3,(H,18,22)(H,20,21)/t13-/m1/s1. The van der Waals surface area contributed by atoms with Crippen molar-refractivity contribution in [1.29, 1.82) is 0 Å². The number of nitrogens with one attached hydrogen (secondary N) is 2. The molecule has 0 fully saturated rings. The van der Waals surface area contributed by atoms with E-state index in [0.717, 1.165) is 10.9 Å². The summed E-state index contributed by atoms with van der Waals surface area (Å²) in [7, 11) is 0. The summed E-state index contributed by atoms with van der Waals surface area (Å²) in [6, 6.07) is 3.66. The lowest BCUT2D eigenvalue weighted by Crippen LogP contribution is -2.44. The van der Waals surface area contributed by atoms with Gasteiger partial charge >= 0.3 is 12.1 Å². The van der Waals surface area contributed by atoms with Crippen LogP contribution in [0.1, 0.15) is 26.3 Å². The number of H-pyrrole nitrogens is 1. The number of carbonyl (C=O) groups excluding carboxylic acids is 1. The molecular weight excluding hydrogens is 300 g/mol. The van der Waals surface area contributed by atoms with Gasteiger partial charge in [0.15, 0.2) is 0 Å². The zero-order valence-electron chi connectivity index (χ0n) is 13.2. The number of carboxylic acids is 1. The predicted molar refractivity (Wildman–Crippen MR) is 84.5 cm³/mol. The van der Waals surface area contributed by atoms with Crippen molar-refractivity contribution in [3.63, 3.8) is 0 Å². The molecule has 7 heteroatoms. The fourth-order valence-corrected chi connectivity index (χ4v) is 2.21. The van der Waals surface area contributed by atoms with Crippen molar-refractivity contribution in [1.82, 2.24) is 10.3 Å². The summed E-state index contributed by atoms with van der Waals surface area (Å²) in [5, 5.41) is 21.9. The molecule has 2 rings (SSSR count). The Kier molecular flexibility index (Phi) is 4.49. The monoisotopic (exact) mass is 320 g/mol. The van der Waals surface area contributed by atoms with Crippen LogP contribution in [0.5, 0.6) is 5.75 Å². The fraction of sp³-hybridized carbons (Fsp3) is 0.375. The fourth-order valence-electron chi connectivity index (χ4n) is 2.21. The van der Waals surface area contributed by atoms with Gasteiger partial charge in [0.2, 0.25) is 0 Å². The minimum absolute atomic E-state index is 0.0966. The molecule has 1 heterocycles. The number of rotatable bonds is 4. The van der Waals surface area contributed by atoms with Crippen molar-refractivity contribution in [2.75, 3.05) is 0 Å². The molecule has 4 N–H and O–H groups in total. The first kappa shape index (κ1) is 16.7. The van der Waals surface area contributed by atoms with Crippen molar-refractivity contribution in [2.24, 2.45) is 0 Å². The molecule has 0 radical (unpaired) electrons. The van der Waals surface area contributed by atoms with Crippen molar-refractivity contribution in [2.45, 2.75) is 38.8 Å². The number of ether oxygens (including phenoxy) is 1. The van der Waals surface area contributed by atoms with Crippen molar-refractivity contribution in [3.05, 3.63) is 30.0 Å². The van der Waals surface area contributed by atoms with E-state index in [0.29, 0.717) is 5.52 Å². The van der Waals surface area contributed by atoms with Crippen LogP contribution in [0, 0.1) is 0 Å². The van der Waals surface area contributed by atoms with E-state index in [-0.39, 0.29) is 12.2 Å². The predicted octanol–water partition coefficient (Wildman–Crippen LogP) is 2.39. The van der Waals surface area contributed by atoms with Gasteiger partial charge in [-0.15, -0.1) is 0 Å². The Balaban J connectivity index is 2.15. The SMILES string of the molecule is CC(C)(C)OC(=O)N[C@H](Cc1c[nH]c2cc(O)ccc12)C(=O)O. The summed E-state index contributed by atoms with van der Waals surface area (Å²) in [5.74, 6) is -1.03. The highest BCUT2D eigenvalue weighted by molar-refractivity contribution is 5.86. The number of phenols is 1. The van der Waals surface area contributed by atoms with Crippen molar-refractivity contribution >= 4 is 23.0 Å². The maximum Gasteiger partial charge on any atom is 0.408 e. The lowest BCUT2D eigenvalue weighted by Gasteiger charge is -2.22. The van der Waals surface area contributed by atoms with Gasteiger partial charge < -0.3 is 25.3 Å². The second-order valence-electron chi connectivity index (χ2n) is 6.28. The van der Waals surface area contributed by atoms with E-state index in [9.17, 15) is 19.8 Å². The van der Waals surface area contributed by atoms with E-state index in [1.807, 2.05) is 0 Å². The van der Waals surface area contributed by atoms with Crippen LogP contribution in [0.2, 0.25) is 0 Å². The summed E-state index contributed by atoms with van der Waals surface area (Å²) in [6.45, 7) is 5.11. The first-order valence-corrected chi connectivity index (χ1v) is 7.17. The molecule has 23 heavy (non-hydrogen) atoms. The quantitative estimate of drug-likeness (QED) is 0.691. The summed E-state index contributed by atoms with van der Waals surface area (Å²) in [6.07, 6.45) is 0.985. The Labute approximate surface area is 133 Å². The van der Waals surface area contributed by atoms with Gasteiger partial charge in [-0.05, 0) is 38.5 Å². The molecule has 124 valence electrons. The summed E-state index contributed by atoms with van der Waals surface area (Å²) < 4.78 is 5.09. The van der Waals surface area contributed by atoms with Crippen molar-refractivity contribution in [3.8, 4) is 5.75 Å². The molecule has 0 bridgehead atoms. The first-order valence-electron chi connectivity index (χ1n) is 7.17. The molecule has 0 saturated carbocycles. The minimum Gasteiger partial charge on any atom is -0.508 e. The second-order valence-corrected chi connectivity index (χ2v) is 6.28. The number of hydrogen-bond donors (Lipinski definition) is 4. The second kappa shape index (κ2) is 6.20. The Morgan fingerprint density at radius 2 is 2.04 bits per heavy atom. The van der Waals surface area contributed by atoms with Crippen molar-refractivity contribution < 1.29 is 24.5 Å². The number of aliphatic carboxylic acids is 1. The van der Waals surface area contributed by atoms with E-state index in [4.69, 9.17) is 4.74 Å². The zero-order chi connectivity index (χ0) is 17.2. The highest BCUT2D eigenvalue weighted by atomic mass is 16.6. The molecule has 0 unspecified atom stereocenters. The third kappa shape index (κ3) is 4.38. The molecule has 0 aliphatic carbocycles. The van der Waals surface area contributed by atoms with Crippen LogP contribution >= 0.6 is 0 Å². The van der Waals surface area contributed by atoms with Gasteiger partial charge in [-0.25, -0.2) is 9.59 Å². The number of aromatic amines is 1. The molecule has 0 aliphatic rings. The largest absolute Gasteiger partial charge is 0.508 e. The Hall–Kier alpha value is -2.70. The van der Waals surface area contributed by atoms with Gasteiger partial charge in [-0.3, -0.25) is 0 Å². The lowest BCUT2D eigenvalue weighted by atomic mass is 10.1. The maximum atomic E-state index is 11.8. The van der Waals surface area contributed by atoms with Gasteiger partial charge in [-0.2, -0.15) is 0 Å². The smallest absolute Gasteiger partial charge is 0.408 e. The molecule has 0 spiro atoms. The number of aromatic hydroxyl groups is 1. The number of fused-ring (bicyclic) bond motifs is 1. The number of carboxylic acid groups (broad SMARTS) is 1. The molecule has 0 saturated heterocycles. The molecule has 2 aromatic rings. The lowest BCUT2D eigenvalue weighted by molar-refractivity contribution is -0.139. The molecule has 1 aromatic carbocycles. The normalized spacial score (nSPS) is 12.8. The summed E-state index contributed by atoms with van der Waals surface area (Å²) in [5.41, 5.74) is 0.718. The van der Waals surface area contributed by atoms with E-state index in [2.05, 4.69) is 10.3 Å². The molecule has 1 aromatic heterocycles. The van der Waals surface area contributed by atoms with Crippen LogP contribution in [0.4, 0.5) is 4.79 Å². The van der Waals surface area contributed by atoms with Gasteiger partial charge in [0.1, 0.15) is 17.4 Å². The average molecular weight is 320 g/mol. The van der Waals surface area contributed by atoms with E-state index in [1.54, 1.807) is 39.1 Å². The van der Waals surface area contributed by atoms with Crippen LogP contribution in [-0.4, -0.2) is 38.9 Å². The number of benzene rings is 1. The molecule has 7 nitrogen and oxygen atoms in total. The Morgan fingerprint density at radius 1 is 1.35 bits per heavy atom. The number of hydrogen-bond acceptors (Lipinski definition) is 4. The number of aromatic nitrogens is 1. The molecule has 0 aliphatic heterocycles. The highest BCUT2D eigenvalue weighted by Crippen LogP contribution is 2.23. The van der Waals surface area contributed by atoms with E-state index < -0.39 is 23.7 Å². The number of carbonyl (C=O) groups is 2. The molecular formula is C16H20N2O5. The molecule has 1 atom stereocenters. The number of phenolic OH excluding ortho intramolecular Hbond substituents is 1. The number of amides is 1. The van der Waals surface area contributed by atoms with Gasteiger partial charge in [0.25, 0.3) is 0 Å². The van der Waals surface area contributed by atoms with Crippen LogP contribution in [0.15, 0.2) is 24.4 Å². The summed E-state index contributed by atoms with van der Waals surface area (Å²) >= 11 is 0. The van der Waals surface area contributed by atoms with E-state index in [1.165, 1.54) is 6.07 Å². The van der Waals surface area contributed by atoms with Crippen LogP contribution in [0.25, 0.3) is 10.9 Å². The van der Waals surface area contributed by atoms with Gasteiger partial charge in [0.05, 0.1) is 0 Å². The third-order valence-electron chi connectivity index (χ3n) is 3.16. The number of alkyl carbamates (subject to hydrolysis) is 1. The summed E-state index contributed by atoms with van der Waals surface area (Å²) in [4.78, 5) is 26.1. The average Bonchev–Trinajstić information content (AvgIpc) is 2.78. The van der Waals surface area contributed by atoms with Crippen LogP contribution in [-0.2, 0) is 16.0 Å². The van der Waals surface area contributed by atoms with Gasteiger partial charge in [0, 0.05) is 29.6 Å².